The number of carbonyl (C=O) groups excluding carboxylic acids is 2. The van der Waals surface area contributed by atoms with Crippen LogP contribution in [-0.2, 0) is 32.6 Å². The molecule has 162 valence electrons. The number of carbonyl (C=O) groups is 2. The summed E-state index contributed by atoms with van der Waals surface area (Å²) in [5, 5.41) is 0. The minimum absolute atomic E-state index is 0.0203. The van der Waals surface area contributed by atoms with Crippen molar-refractivity contribution in [1.82, 2.24) is 9.29 Å². The zero-order valence-corrected chi connectivity index (χ0v) is 17.7. The Balaban J connectivity index is 2.13. The van der Waals surface area contributed by atoms with Crippen LogP contribution >= 0.6 is 0 Å². The lowest BCUT2D eigenvalue weighted by atomic mass is 10.1. The van der Waals surface area contributed by atoms with Gasteiger partial charge in [-0.3, -0.25) is 4.98 Å². The quantitative estimate of drug-likeness (QED) is 0.487. The molecule has 10 heteroatoms. The Bertz CT molecular complexity index is 1160. The Morgan fingerprint density at radius 3 is 2.42 bits per heavy atom. The van der Waals surface area contributed by atoms with Gasteiger partial charge in [0.1, 0.15) is 5.76 Å². The lowest BCUT2D eigenvalue weighted by Crippen LogP contribution is -2.31. The van der Waals surface area contributed by atoms with Gasteiger partial charge in [0.15, 0.2) is 0 Å². The third-order valence-corrected chi connectivity index (χ3v) is 6.25. The summed E-state index contributed by atoms with van der Waals surface area (Å²) in [7, 11) is -1.97. The van der Waals surface area contributed by atoms with Gasteiger partial charge in [-0.15, -0.1) is 0 Å². The van der Waals surface area contributed by atoms with E-state index in [1.54, 1.807) is 30.5 Å². The molecule has 0 aliphatic rings. The molecule has 0 saturated heterocycles. The number of esters is 2. The van der Waals surface area contributed by atoms with E-state index in [4.69, 9.17) is 9.15 Å². The second kappa shape index (κ2) is 9.54. The van der Waals surface area contributed by atoms with E-state index in [-0.39, 0.29) is 29.1 Å². The normalized spacial score (nSPS) is 11.3. The van der Waals surface area contributed by atoms with Gasteiger partial charge in [-0.25, -0.2) is 18.0 Å². The summed E-state index contributed by atoms with van der Waals surface area (Å²) in [6.45, 7) is -0.146. The summed E-state index contributed by atoms with van der Waals surface area (Å²) >= 11 is 0. The van der Waals surface area contributed by atoms with Crippen molar-refractivity contribution in [3.63, 3.8) is 0 Å². The topological polar surface area (TPSA) is 116 Å². The molecule has 0 fully saturated rings. The predicted molar refractivity (Wildman–Crippen MR) is 108 cm³/mol. The minimum Gasteiger partial charge on any atom is -0.468 e. The summed E-state index contributed by atoms with van der Waals surface area (Å²) in [5.74, 6) is -1.19. The third-order valence-electron chi connectivity index (χ3n) is 4.42. The molecule has 9 nitrogen and oxygen atoms in total. The largest absolute Gasteiger partial charge is 0.468 e. The van der Waals surface area contributed by atoms with E-state index in [1.165, 1.54) is 31.7 Å². The van der Waals surface area contributed by atoms with E-state index in [0.29, 0.717) is 11.3 Å². The first-order valence-electron chi connectivity index (χ1n) is 9.09. The van der Waals surface area contributed by atoms with E-state index in [2.05, 4.69) is 9.72 Å². The number of hydrogen-bond donors (Lipinski definition) is 0. The first-order valence-corrected chi connectivity index (χ1v) is 10.5. The predicted octanol–water partition coefficient (Wildman–Crippen LogP) is 2.64. The lowest BCUT2D eigenvalue weighted by Gasteiger charge is -2.22. The first kappa shape index (κ1) is 22.2. The van der Waals surface area contributed by atoms with Gasteiger partial charge in [-0.05, 0) is 42.0 Å². The second-order valence-corrected chi connectivity index (χ2v) is 8.31. The molecule has 0 aliphatic carbocycles. The van der Waals surface area contributed by atoms with Gasteiger partial charge in [-0.1, -0.05) is 6.07 Å². The molecule has 0 bridgehead atoms. The Morgan fingerprint density at radius 1 is 1.03 bits per heavy atom. The van der Waals surface area contributed by atoms with Crippen LogP contribution in [0, 0.1) is 0 Å². The number of benzene rings is 1. The number of pyridine rings is 1. The third kappa shape index (κ3) is 4.98. The molecular weight excluding hydrogens is 424 g/mol. The highest BCUT2D eigenvalue weighted by Crippen LogP contribution is 2.26. The summed E-state index contributed by atoms with van der Waals surface area (Å²) in [5.41, 5.74) is 0.403. The average molecular weight is 444 g/mol. The Labute approximate surface area is 179 Å². The molecule has 2 aromatic heterocycles. The molecule has 0 atom stereocenters. The fraction of sp³-hybridized carbons (Fsp3) is 0.190. The smallest absolute Gasteiger partial charge is 0.339 e. The zero-order valence-electron chi connectivity index (χ0n) is 16.8. The van der Waals surface area contributed by atoms with Crippen LogP contribution in [-0.4, -0.2) is 43.9 Å². The van der Waals surface area contributed by atoms with Gasteiger partial charge in [0.25, 0.3) is 0 Å². The van der Waals surface area contributed by atoms with Crippen LogP contribution in [0.25, 0.3) is 0 Å². The van der Waals surface area contributed by atoms with Crippen molar-refractivity contribution in [2.24, 2.45) is 0 Å². The Kier molecular flexibility index (Phi) is 6.83. The van der Waals surface area contributed by atoms with Crippen molar-refractivity contribution in [3.05, 3.63) is 83.6 Å². The van der Waals surface area contributed by atoms with Gasteiger partial charge in [0.2, 0.25) is 10.0 Å². The van der Waals surface area contributed by atoms with E-state index in [1.807, 2.05) is 0 Å². The van der Waals surface area contributed by atoms with Crippen LogP contribution in [0.3, 0.4) is 0 Å². The van der Waals surface area contributed by atoms with Crippen molar-refractivity contribution in [2.75, 3.05) is 14.2 Å². The van der Waals surface area contributed by atoms with E-state index < -0.39 is 22.0 Å². The van der Waals surface area contributed by atoms with Crippen molar-refractivity contribution in [1.29, 1.82) is 0 Å². The lowest BCUT2D eigenvalue weighted by molar-refractivity contribution is 0.0583. The fourth-order valence-corrected chi connectivity index (χ4v) is 4.50. The molecule has 0 spiro atoms. The van der Waals surface area contributed by atoms with Gasteiger partial charge in [0, 0.05) is 18.9 Å². The zero-order chi connectivity index (χ0) is 22.4. The summed E-state index contributed by atoms with van der Waals surface area (Å²) in [6.07, 6.45) is 4.54. The molecule has 31 heavy (non-hydrogen) atoms. The van der Waals surface area contributed by atoms with Crippen LogP contribution in [0.2, 0.25) is 0 Å². The standard InChI is InChI=1S/C21H20N2O7S/c1-28-20(24)16-7-8-18(21(25)29-2)19(11-16)31(26,27)23(14-17-6-4-10-30-17)13-15-5-3-9-22-12-15/h3-12H,13-14H2,1-2H3. The molecule has 0 unspecified atom stereocenters. The maximum absolute atomic E-state index is 13.7. The molecule has 3 aromatic rings. The fourth-order valence-electron chi connectivity index (χ4n) is 2.90. The number of aromatic nitrogens is 1. The van der Waals surface area contributed by atoms with Crippen molar-refractivity contribution < 1.29 is 31.9 Å². The molecule has 0 saturated carbocycles. The van der Waals surface area contributed by atoms with Crippen molar-refractivity contribution >= 4 is 22.0 Å². The van der Waals surface area contributed by atoms with Crippen molar-refractivity contribution in [3.8, 4) is 0 Å². The van der Waals surface area contributed by atoms with E-state index in [0.717, 1.165) is 17.5 Å². The molecule has 0 aliphatic heterocycles. The van der Waals surface area contributed by atoms with Gasteiger partial charge in [0.05, 0.1) is 43.0 Å². The Morgan fingerprint density at radius 2 is 1.81 bits per heavy atom. The maximum Gasteiger partial charge on any atom is 0.339 e. The number of methoxy groups -OCH3 is 2. The highest BCUT2D eigenvalue weighted by molar-refractivity contribution is 7.89. The average Bonchev–Trinajstić information content (AvgIpc) is 3.31. The monoisotopic (exact) mass is 444 g/mol. The van der Waals surface area contributed by atoms with Gasteiger partial charge < -0.3 is 13.9 Å². The van der Waals surface area contributed by atoms with Crippen LogP contribution in [0.5, 0.6) is 0 Å². The molecule has 0 amide bonds. The highest BCUT2D eigenvalue weighted by Gasteiger charge is 2.31. The minimum atomic E-state index is -4.29. The molecule has 2 heterocycles. The number of rotatable bonds is 8. The molecule has 0 N–H and O–H groups in total. The van der Waals surface area contributed by atoms with E-state index >= 15 is 0 Å². The SMILES string of the molecule is COC(=O)c1ccc(C(=O)OC)c(S(=O)(=O)N(Cc2cccnc2)Cc2ccco2)c1. The first-order chi connectivity index (χ1) is 14.9. The number of ether oxygens (including phenoxy) is 2. The number of furan rings is 1. The number of nitrogens with zero attached hydrogens (tertiary/aromatic N) is 2. The number of sulfonamides is 1. The number of hydrogen-bond acceptors (Lipinski definition) is 8. The molecule has 3 rings (SSSR count). The van der Waals surface area contributed by atoms with Gasteiger partial charge >= 0.3 is 11.9 Å². The summed E-state index contributed by atoms with van der Waals surface area (Å²) in [4.78, 5) is 27.9. The van der Waals surface area contributed by atoms with Crippen LogP contribution in [0.15, 0.2) is 70.4 Å². The van der Waals surface area contributed by atoms with Crippen LogP contribution in [0.1, 0.15) is 32.0 Å². The van der Waals surface area contributed by atoms with Crippen LogP contribution < -0.4 is 0 Å². The Hall–Kier alpha value is -3.50. The molecular formula is C21H20N2O7S. The van der Waals surface area contributed by atoms with Crippen LogP contribution in [0.4, 0.5) is 0 Å². The van der Waals surface area contributed by atoms with Gasteiger partial charge in [-0.2, -0.15) is 4.31 Å². The van der Waals surface area contributed by atoms with Crippen molar-refractivity contribution in [2.45, 2.75) is 18.0 Å². The van der Waals surface area contributed by atoms with E-state index in [9.17, 15) is 18.0 Å². The molecule has 0 radical (unpaired) electrons. The molecule has 1 aromatic carbocycles. The highest BCUT2D eigenvalue weighted by atomic mass is 32.2. The second-order valence-electron chi connectivity index (χ2n) is 6.41. The maximum atomic E-state index is 13.7. The summed E-state index contributed by atoms with van der Waals surface area (Å²) in [6, 6.07) is 10.3. The summed E-state index contributed by atoms with van der Waals surface area (Å²) < 4.78 is 43.2.